The minimum atomic E-state index is -0.816. The Morgan fingerprint density at radius 2 is 1.85 bits per heavy atom. The number of aliphatic hydroxyl groups is 1. The number of thiophene rings is 1. The Kier molecular flexibility index (Phi) is 4.06. The van der Waals surface area contributed by atoms with Crippen molar-refractivity contribution in [1.29, 1.82) is 0 Å². The van der Waals surface area contributed by atoms with Crippen molar-refractivity contribution in [3.63, 3.8) is 0 Å². The van der Waals surface area contributed by atoms with Gasteiger partial charge in [0.1, 0.15) is 5.75 Å². The fraction of sp³-hybridized carbons (Fsp3) is 0.0556. The van der Waals surface area contributed by atoms with E-state index >= 15 is 0 Å². The number of hydrogen-bond donors (Lipinski definition) is 2. The zero-order chi connectivity index (χ0) is 18.3. The van der Waals surface area contributed by atoms with E-state index in [-0.39, 0.29) is 11.3 Å². The van der Waals surface area contributed by atoms with E-state index in [0.717, 1.165) is 0 Å². The highest BCUT2D eigenvalue weighted by molar-refractivity contribution is 7.14. The van der Waals surface area contributed by atoms with Gasteiger partial charge in [0.05, 0.1) is 16.5 Å². The molecule has 0 bridgehead atoms. The number of aliphatic hydroxyl groups excluding tert-OH is 1. The second-order valence-electron chi connectivity index (χ2n) is 5.55. The Balaban J connectivity index is 1.88. The molecular weight excluding hydrogens is 372 g/mol. The van der Waals surface area contributed by atoms with Crippen molar-refractivity contribution in [3.8, 4) is 5.75 Å². The van der Waals surface area contributed by atoms with Gasteiger partial charge in [0, 0.05) is 11.6 Å². The molecule has 1 unspecified atom stereocenters. The van der Waals surface area contributed by atoms with Crippen molar-refractivity contribution in [1.82, 2.24) is 4.98 Å². The maximum atomic E-state index is 13.0. The van der Waals surface area contributed by atoms with Gasteiger partial charge in [0.25, 0.3) is 5.91 Å². The molecule has 1 amide bonds. The van der Waals surface area contributed by atoms with Gasteiger partial charge < -0.3 is 10.2 Å². The van der Waals surface area contributed by atoms with Gasteiger partial charge in [-0.25, -0.2) is 4.98 Å². The van der Waals surface area contributed by atoms with Crippen molar-refractivity contribution in [2.75, 3.05) is 4.90 Å². The topological polar surface area (TPSA) is 90.7 Å². The summed E-state index contributed by atoms with van der Waals surface area (Å²) in [6.45, 7) is 0. The molecule has 6 nitrogen and oxygen atoms in total. The number of anilines is 1. The molecule has 26 heavy (non-hydrogen) atoms. The van der Waals surface area contributed by atoms with E-state index in [9.17, 15) is 19.8 Å². The summed E-state index contributed by atoms with van der Waals surface area (Å²) >= 11 is 2.48. The molecule has 2 N–H and O–H groups in total. The van der Waals surface area contributed by atoms with Crippen LogP contribution in [0.3, 0.4) is 0 Å². The minimum Gasteiger partial charge on any atom is -0.508 e. The summed E-state index contributed by atoms with van der Waals surface area (Å²) in [5, 5.41) is 23.9. The summed E-state index contributed by atoms with van der Waals surface area (Å²) < 4.78 is 0. The number of aromatic nitrogens is 1. The minimum absolute atomic E-state index is 0.0124. The number of phenolic OH excluding ortho intramolecular Hbond substituents is 1. The summed E-state index contributed by atoms with van der Waals surface area (Å²) in [5.41, 5.74) is 0.605. The number of nitrogens with zero attached hydrogens (tertiary/aromatic N) is 2. The largest absolute Gasteiger partial charge is 0.508 e. The molecule has 0 aliphatic carbocycles. The zero-order valence-corrected chi connectivity index (χ0v) is 14.8. The van der Waals surface area contributed by atoms with Gasteiger partial charge in [-0.15, -0.1) is 22.7 Å². The van der Waals surface area contributed by atoms with Crippen LogP contribution in [0.15, 0.2) is 64.7 Å². The lowest BCUT2D eigenvalue weighted by Gasteiger charge is -2.24. The Labute approximate surface area is 156 Å². The maximum absolute atomic E-state index is 13.0. The molecule has 3 aromatic rings. The number of phenols is 1. The Hall–Kier alpha value is -2.97. The quantitative estimate of drug-likeness (QED) is 0.670. The first-order valence-corrected chi connectivity index (χ1v) is 9.37. The first-order valence-electron chi connectivity index (χ1n) is 7.61. The highest BCUT2D eigenvalue weighted by Gasteiger charge is 2.45. The van der Waals surface area contributed by atoms with Gasteiger partial charge in [-0.1, -0.05) is 18.2 Å². The maximum Gasteiger partial charge on any atom is 0.296 e. The Morgan fingerprint density at radius 1 is 1.08 bits per heavy atom. The second-order valence-corrected chi connectivity index (χ2v) is 7.37. The van der Waals surface area contributed by atoms with E-state index in [1.165, 1.54) is 39.7 Å². The molecule has 1 aromatic carbocycles. The van der Waals surface area contributed by atoms with E-state index in [0.29, 0.717) is 15.6 Å². The van der Waals surface area contributed by atoms with Crippen LogP contribution in [0.25, 0.3) is 0 Å². The van der Waals surface area contributed by atoms with E-state index in [1.807, 2.05) is 0 Å². The number of carbonyl (C=O) groups is 2. The number of thiazole rings is 1. The molecule has 1 aliphatic rings. The number of ketones is 1. The van der Waals surface area contributed by atoms with Crippen LogP contribution >= 0.6 is 22.7 Å². The van der Waals surface area contributed by atoms with Gasteiger partial charge in [-0.3, -0.25) is 14.5 Å². The average Bonchev–Trinajstić information content (AvgIpc) is 3.38. The van der Waals surface area contributed by atoms with Crippen molar-refractivity contribution in [2.24, 2.45) is 0 Å². The zero-order valence-electron chi connectivity index (χ0n) is 13.2. The summed E-state index contributed by atoms with van der Waals surface area (Å²) in [6.07, 6.45) is 1.55. The molecule has 4 rings (SSSR count). The number of carbonyl (C=O) groups excluding carboxylic acids is 2. The van der Waals surface area contributed by atoms with Gasteiger partial charge in [-0.2, -0.15) is 0 Å². The number of Topliss-reactive ketones (excluding diaryl/α,β-unsaturated/α-hetero) is 1. The fourth-order valence-electron chi connectivity index (χ4n) is 2.88. The first-order chi connectivity index (χ1) is 12.6. The second kappa shape index (κ2) is 6.40. The van der Waals surface area contributed by atoms with Gasteiger partial charge in [-0.05, 0) is 29.1 Å². The SMILES string of the molecule is O=C(C1=C(O)C(=O)N(c2nccs2)C1c1ccc(O)cc1)c1cccs1. The lowest BCUT2D eigenvalue weighted by Crippen LogP contribution is -2.30. The molecule has 130 valence electrons. The predicted molar refractivity (Wildman–Crippen MR) is 98.8 cm³/mol. The van der Waals surface area contributed by atoms with E-state index in [1.54, 1.807) is 41.2 Å². The first kappa shape index (κ1) is 16.5. The van der Waals surface area contributed by atoms with Crippen LogP contribution in [0.5, 0.6) is 5.75 Å². The molecule has 0 radical (unpaired) electrons. The molecule has 0 spiro atoms. The molecule has 0 saturated heterocycles. The molecule has 0 saturated carbocycles. The normalized spacial score (nSPS) is 17.2. The van der Waals surface area contributed by atoms with Gasteiger partial charge >= 0.3 is 0 Å². The fourth-order valence-corrected chi connectivity index (χ4v) is 4.23. The lowest BCUT2D eigenvalue weighted by molar-refractivity contribution is -0.117. The molecular formula is C18H12N2O4S2. The molecule has 1 aliphatic heterocycles. The van der Waals surface area contributed by atoms with Crippen LogP contribution in [-0.2, 0) is 4.79 Å². The molecule has 3 heterocycles. The van der Waals surface area contributed by atoms with Crippen molar-refractivity contribution in [2.45, 2.75) is 6.04 Å². The van der Waals surface area contributed by atoms with Crippen molar-refractivity contribution >= 4 is 39.5 Å². The van der Waals surface area contributed by atoms with Crippen LogP contribution in [0.2, 0.25) is 0 Å². The van der Waals surface area contributed by atoms with Crippen molar-refractivity contribution in [3.05, 3.63) is 75.1 Å². The number of amides is 1. The molecule has 8 heteroatoms. The molecule has 0 fully saturated rings. The smallest absolute Gasteiger partial charge is 0.296 e. The number of hydrogen-bond acceptors (Lipinski definition) is 7. The average molecular weight is 384 g/mol. The standard InChI is InChI=1S/C18H12N2O4S2/c21-11-5-3-10(4-6-11)14-13(15(22)12-2-1-8-25-12)16(23)17(24)20(14)18-19-7-9-26-18/h1-9,14,21,23H. The molecule has 1 atom stereocenters. The van der Waals surface area contributed by atoms with E-state index < -0.39 is 23.5 Å². The Bertz CT molecular complexity index is 993. The van der Waals surface area contributed by atoms with Gasteiger partial charge in [0.2, 0.25) is 5.78 Å². The number of rotatable bonds is 4. The van der Waals surface area contributed by atoms with E-state index in [2.05, 4.69) is 4.98 Å². The summed E-state index contributed by atoms with van der Waals surface area (Å²) in [4.78, 5) is 31.6. The van der Waals surface area contributed by atoms with Crippen LogP contribution in [0.4, 0.5) is 5.13 Å². The Morgan fingerprint density at radius 3 is 2.46 bits per heavy atom. The van der Waals surface area contributed by atoms with Crippen LogP contribution in [0, 0.1) is 0 Å². The monoisotopic (exact) mass is 384 g/mol. The summed E-state index contributed by atoms with van der Waals surface area (Å²) in [6, 6.07) is 8.76. The highest BCUT2D eigenvalue weighted by atomic mass is 32.1. The third-order valence-electron chi connectivity index (χ3n) is 4.03. The van der Waals surface area contributed by atoms with Crippen LogP contribution < -0.4 is 4.90 Å². The lowest BCUT2D eigenvalue weighted by atomic mass is 9.95. The highest BCUT2D eigenvalue weighted by Crippen LogP contribution is 2.43. The van der Waals surface area contributed by atoms with Crippen LogP contribution in [0.1, 0.15) is 21.3 Å². The summed E-state index contributed by atoms with van der Waals surface area (Å²) in [5.74, 6) is -1.57. The third kappa shape index (κ3) is 2.59. The van der Waals surface area contributed by atoms with Gasteiger partial charge in [0.15, 0.2) is 10.9 Å². The predicted octanol–water partition coefficient (Wildman–Crippen LogP) is 3.69. The van der Waals surface area contributed by atoms with E-state index in [4.69, 9.17) is 0 Å². The van der Waals surface area contributed by atoms with Crippen LogP contribution in [-0.4, -0.2) is 26.9 Å². The number of aromatic hydroxyl groups is 1. The summed E-state index contributed by atoms with van der Waals surface area (Å²) in [7, 11) is 0. The van der Waals surface area contributed by atoms with Crippen molar-refractivity contribution < 1.29 is 19.8 Å². The molecule has 2 aromatic heterocycles. The third-order valence-corrected chi connectivity index (χ3v) is 5.67. The number of benzene rings is 1.